The molecule has 0 unspecified atom stereocenters. The second kappa shape index (κ2) is 6.14. The maximum atomic E-state index is 14.1. The quantitative estimate of drug-likeness (QED) is 0.872. The maximum absolute atomic E-state index is 14.1. The van der Waals surface area contributed by atoms with Crippen molar-refractivity contribution < 1.29 is 14.6 Å². The maximum Gasteiger partial charge on any atom is 0.172 e. The van der Waals surface area contributed by atoms with Gasteiger partial charge in [0.15, 0.2) is 11.6 Å². The van der Waals surface area contributed by atoms with E-state index in [-0.39, 0.29) is 22.8 Å². The summed E-state index contributed by atoms with van der Waals surface area (Å²) in [5, 5.41) is 20.2. The summed E-state index contributed by atoms with van der Waals surface area (Å²) in [6.07, 6.45) is 4.50. The number of hydrogen-bond acceptors (Lipinski definition) is 3. The first-order valence-electron chi connectivity index (χ1n) is 6.44. The number of rotatable bonds is 3. The molecule has 5 heteroatoms. The van der Waals surface area contributed by atoms with Gasteiger partial charge in [0.25, 0.3) is 0 Å². The van der Waals surface area contributed by atoms with Gasteiger partial charge in [0.05, 0.1) is 10.7 Å². The molecule has 0 fully saturated rings. The van der Waals surface area contributed by atoms with Crippen LogP contribution in [0.4, 0.5) is 4.39 Å². The second-order valence-electron chi connectivity index (χ2n) is 4.92. The van der Waals surface area contributed by atoms with Crippen LogP contribution < -0.4 is 0 Å². The van der Waals surface area contributed by atoms with E-state index in [4.69, 9.17) is 11.6 Å². The molecule has 0 aliphatic heterocycles. The molecular weight excluding hydrogens is 293 g/mol. The Balaban J connectivity index is 2.45. The summed E-state index contributed by atoms with van der Waals surface area (Å²) in [6.45, 7) is 3.52. The molecule has 0 saturated heterocycles. The molecule has 110 valence electrons. The zero-order valence-electron chi connectivity index (χ0n) is 11.6. The Labute approximate surface area is 127 Å². The normalized spacial score (nSPS) is 11.5. The highest BCUT2D eigenvalue weighted by molar-refractivity contribution is 6.31. The molecule has 0 bridgehead atoms. The van der Waals surface area contributed by atoms with Crippen LogP contribution in [-0.2, 0) is 0 Å². The largest absolute Gasteiger partial charge is 0.507 e. The number of pyridine rings is 1. The predicted octanol–water partition coefficient (Wildman–Crippen LogP) is 4.58. The van der Waals surface area contributed by atoms with Crippen LogP contribution in [0.25, 0.3) is 12.2 Å². The average molecular weight is 308 g/mol. The lowest BCUT2D eigenvalue weighted by Crippen LogP contribution is -1.94. The van der Waals surface area contributed by atoms with Gasteiger partial charge in [-0.2, -0.15) is 0 Å². The zero-order valence-corrected chi connectivity index (χ0v) is 12.4. The van der Waals surface area contributed by atoms with Crippen molar-refractivity contribution in [1.82, 2.24) is 4.98 Å². The Kier molecular flexibility index (Phi) is 4.48. The van der Waals surface area contributed by atoms with Gasteiger partial charge < -0.3 is 10.2 Å². The van der Waals surface area contributed by atoms with Gasteiger partial charge in [-0.15, -0.1) is 0 Å². The number of benzene rings is 1. The van der Waals surface area contributed by atoms with Gasteiger partial charge in [0, 0.05) is 17.3 Å². The number of aromatic hydroxyl groups is 2. The van der Waals surface area contributed by atoms with Crippen LogP contribution in [0.2, 0.25) is 5.02 Å². The molecule has 0 aliphatic rings. The highest BCUT2D eigenvalue weighted by Crippen LogP contribution is 2.38. The van der Waals surface area contributed by atoms with Crippen molar-refractivity contribution in [3.63, 3.8) is 0 Å². The van der Waals surface area contributed by atoms with Crippen molar-refractivity contribution in [2.75, 3.05) is 0 Å². The lowest BCUT2D eigenvalue weighted by molar-refractivity contribution is 0.404. The van der Waals surface area contributed by atoms with Crippen LogP contribution >= 0.6 is 11.6 Å². The first-order chi connectivity index (χ1) is 9.91. The molecule has 0 saturated carbocycles. The second-order valence-corrected chi connectivity index (χ2v) is 5.33. The van der Waals surface area contributed by atoms with Crippen LogP contribution in [0.1, 0.15) is 36.6 Å². The van der Waals surface area contributed by atoms with Crippen molar-refractivity contribution in [3.8, 4) is 11.5 Å². The molecule has 0 atom stereocenters. The summed E-state index contributed by atoms with van der Waals surface area (Å²) in [4.78, 5) is 4.05. The fourth-order valence-corrected chi connectivity index (χ4v) is 2.23. The molecule has 0 amide bonds. The van der Waals surface area contributed by atoms with Crippen LogP contribution in [-0.4, -0.2) is 15.2 Å². The number of aromatic nitrogens is 1. The molecular formula is C16H15ClFNO2. The lowest BCUT2D eigenvalue weighted by atomic mass is 9.98. The predicted molar refractivity (Wildman–Crippen MR) is 82.0 cm³/mol. The highest BCUT2D eigenvalue weighted by atomic mass is 35.5. The number of phenolic OH excluding ortho intramolecular Hbond substituents is 2. The van der Waals surface area contributed by atoms with E-state index in [1.165, 1.54) is 18.2 Å². The number of halogens is 2. The van der Waals surface area contributed by atoms with E-state index < -0.39 is 11.6 Å². The molecule has 0 radical (unpaired) electrons. The van der Waals surface area contributed by atoms with E-state index in [1.807, 2.05) is 0 Å². The van der Waals surface area contributed by atoms with Crippen LogP contribution in [0, 0.1) is 5.82 Å². The Morgan fingerprint density at radius 1 is 1.29 bits per heavy atom. The topological polar surface area (TPSA) is 53.4 Å². The Bertz CT molecular complexity index is 699. The molecule has 0 aliphatic carbocycles. The van der Waals surface area contributed by atoms with Gasteiger partial charge in [-0.3, -0.25) is 4.98 Å². The third-order valence-electron chi connectivity index (χ3n) is 3.07. The molecule has 21 heavy (non-hydrogen) atoms. The lowest BCUT2D eigenvalue weighted by Gasteiger charge is -2.13. The van der Waals surface area contributed by atoms with E-state index in [0.717, 1.165) is 0 Å². The van der Waals surface area contributed by atoms with E-state index in [2.05, 4.69) is 4.98 Å². The van der Waals surface area contributed by atoms with Gasteiger partial charge in [-0.05, 0) is 36.3 Å². The molecule has 0 spiro atoms. The highest BCUT2D eigenvalue weighted by Gasteiger charge is 2.18. The summed E-state index contributed by atoms with van der Waals surface area (Å²) < 4.78 is 14.1. The van der Waals surface area contributed by atoms with Crippen LogP contribution in [0.15, 0.2) is 24.4 Å². The van der Waals surface area contributed by atoms with Gasteiger partial charge in [-0.1, -0.05) is 25.4 Å². The minimum atomic E-state index is -0.778. The third-order valence-corrected chi connectivity index (χ3v) is 3.39. The Morgan fingerprint density at radius 2 is 2.00 bits per heavy atom. The van der Waals surface area contributed by atoms with Gasteiger partial charge in [-0.25, -0.2) is 4.39 Å². The molecule has 3 nitrogen and oxygen atoms in total. The number of nitrogens with zero attached hydrogens (tertiary/aromatic N) is 1. The van der Waals surface area contributed by atoms with Gasteiger partial charge >= 0.3 is 0 Å². The fraction of sp³-hybridized carbons (Fsp3) is 0.188. The first-order valence-corrected chi connectivity index (χ1v) is 6.82. The minimum Gasteiger partial charge on any atom is -0.507 e. The van der Waals surface area contributed by atoms with E-state index >= 15 is 0 Å². The molecule has 1 heterocycles. The summed E-state index contributed by atoms with van der Waals surface area (Å²) in [7, 11) is 0. The van der Waals surface area contributed by atoms with E-state index in [9.17, 15) is 14.6 Å². The standard InChI is InChI=1S/C16H15ClFNO2/c1-9(2)14-13(20)8-10(15(18)16(14)21)5-6-12-11(17)4-3-7-19-12/h3-9,20-21H,1-2H3/b6-5+. The van der Waals surface area contributed by atoms with Crippen LogP contribution in [0.5, 0.6) is 11.5 Å². The molecule has 1 aromatic carbocycles. The summed E-state index contributed by atoms with van der Waals surface area (Å²) in [6, 6.07) is 4.63. The minimum absolute atomic E-state index is 0.0659. The molecule has 2 rings (SSSR count). The van der Waals surface area contributed by atoms with Crippen molar-refractivity contribution in [2.45, 2.75) is 19.8 Å². The van der Waals surface area contributed by atoms with Crippen LogP contribution in [0.3, 0.4) is 0 Å². The van der Waals surface area contributed by atoms with Crippen molar-refractivity contribution >= 4 is 23.8 Å². The van der Waals surface area contributed by atoms with Gasteiger partial charge in [0.1, 0.15) is 5.75 Å². The van der Waals surface area contributed by atoms with Crippen molar-refractivity contribution in [2.24, 2.45) is 0 Å². The monoisotopic (exact) mass is 307 g/mol. The fourth-order valence-electron chi connectivity index (χ4n) is 2.04. The van der Waals surface area contributed by atoms with E-state index in [1.54, 1.807) is 32.2 Å². The summed E-state index contributed by atoms with van der Waals surface area (Å²) in [5.41, 5.74) is 0.738. The molecule has 2 aromatic rings. The average Bonchev–Trinajstić information content (AvgIpc) is 2.42. The summed E-state index contributed by atoms with van der Waals surface area (Å²) >= 11 is 5.95. The summed E-state index contributed by atoms with van der Waals surface area (Å²) in [5.74, 6) is -1.64. The number of phenols is 2. The molecule has 1 aromatic heterocycles. The van der Waals surface area contributed by atoms with Crippen molar-refractivity contribution in [1.29, 1.82) is 0 Å². The smallest absolute Gasteiger partial charge is 0.172 e. The zero-order chi connectivity index (χ0) is 15.6. The Hall–Kier alpha value is -2.07. The van der Waals surface area contributed by atoms with E-state index in [0.29, 0.717) is 10.7 Å². The van der Waals surface area contributed by atoms with Crippen molar-refractivity contribution in [3.05, 3.63) is 52.1 Å². The first kappa shape index (κ1) is 15.3. The number of hydrogen-bond donors (Lipinski definition) is 2. The van der Waals surface area contributed by atoms with Gasteiger partial charge in [0.2, 0.25) is 0 Å². The SMILES string of the molecule is CC(C)c1c(O)cc(/C=C/c2ncccc2Cl)c(F)c1O. The Morgan fingerprint density at radius 3 is 2.62 bits per heavy atom. The third kappa shape index (κ3) is 3.16. The molecule has 2 N–H and O–H groups in total.